The Morgan fingerprint density at radius 3 is 2.64 bits per heavy atom. The molecule has 1 aromatic carbocycles. The number of hydrazine groups is 1. The summed E-state index contributed by atoms with van der Waals surface area (Å²) in [5.74, 6) is 0.566. The van der Waals surface area contributed by atoms with E-state index < -0.39 is 11.4 Å². The predicted octanol–water partition coefficient (Wildman–Crippen LogP) is 0.616. The molecule has 0 aliphatic heterocycles. The van der Waals surface area contributed by atoms with Crippen LogP contribution >= 0.6 is 0 Å². The fraction of sp³-hybridized carbons (Fsp3) is 0.333. The number of para-hydroxylation sites is 1. The minimum Gasteiger partial charge on any atom is -0.597 e. The van der Waals surface area contributed by atoms with Crippen molar-refractivity contribution < 1.29 is 4.55 Å². The molecule has 4 N–H and O–H groups in total. The molecule has 4 nitrogen and oxygen atoms in total. The topological polar surface area (TPSA) is 73.1 Å². The van der Waals surface area contributed by atoms with Crippen molar-refractivity contribution in [1.29, 1.82) is 0 Å². The molecular weight excluding hydrogens is 198 g/mol. The van der Waals surface area contributed by atoms with E-state index in [0.717, 1.165) is 12.1 Å². The largest absolute Gasteiger partial charge is 0.597 e. The lowest BCUT2D eigenvalue weighted by Crippen LogP contribution is -2.32. The first-order valence-corrected chi connectivity index (χ1v) is 5.80. The van der Waals surface area contributed by atoms with Gasteiger partial charge in [0.2, 0.25) is 0 Å². The highest BCUT2D eigenvalue weighted by atomic mass is 32.2. The second-order valence-corrected chi connectivity index (χ2v) is 4.09. The molecule has 1 rings (SSSR count). The average molecular weight is 213 g/mol. The summed E-state index contributed by atoms with van der Waals surface area (Å²) in [5, 5.41) is 0. The maximum atomic E-state index is 11.3. The van der Waals surface area contributed by atoms with Crippen molar-refractivity contribution in [3.8, 4) is 0 Å². The molecule has 0 aliphatic carbocycles. The lowest BCUT2D eigenvalue weighted by atomic mass is 10.3. The molecule has 14 heavy (non-hydrogen) atoms. The minimum absolute atomic E-state index is 0.566. The van der Waals surface area contributed by atoms with Gasteiger partial charge in [0.25, 0.3) is 0 Å². The molecule has 78 valence electrons. The van der Waals surface area contributed by atoms with E-state index in [1.54, 1.807) is 0 Å². The van der Waals surface area contributed by atoms with Crippen LogP contribution in [0.5, 0.6) is 0 Å². The van der Waals surface area contributed by atoms with Gasteiger partial charge in [-0.15, -0.1) is 0 Å². The van der Waals surface area contributed by atoms with E-state index in [-0.39, 0.29) is 0 Å². The number of nitrogens with one attached hydrogen (secondary N) is 2. The Labute approximate surface area is 87.2 Å². The van der Waals surface area contributed by atoms with Crippen molar-refractivity contribution in [1.82, 2.24) is 4.83 Å². The summed E-state index contributed by atoms with van der Waals surface area (Å²) in [7, 11) is 0. The van der Waals surface area contributed by atoms with Crippen LogP contribution in [-0.4, -0.2) is 16.9 Å². The minimum atomic E-state index is -1.06. The van der Waals surface area contributed by atoms with E-state index in [9.17, 15) is 4.55 Å². The molecular formula is C9H15N3OS. The highest BCUT2D eigenvalue weighted by molar-refractivity contribution is 7.89. The van der Waals surface area contributed by atoms with Gasteiger partial charge in [-0.25, -0.2) is 0 Å². The number of nitrogens with two attached hydrogens (primary N) is 1. The normalized spacial score (nSPS) is 12.4. The summed E-state index contributed by atoms with van der Waals surface area (Å²) in [6.45, 7) is 0.568. The van der Waals surface area contributed by atoms with Crippen molar-refractivity contribution in [2.24, 2.45) is 5.73 Å². The third-order valence-corrected chi connectivity index (χ3v) is 2.61. The lowest BCUT2D eigenvalue weighted by molar-refractivity contribution is 0.584. The molecule has 0 radical (unpaired) electrons. The zero-order valence-corrected chi connectivity index (χ0v) is 8.72. The Kier molecular flexibility index (Phi) is 5.39. The highest BCUT2D eigenvalue weighted by Gasteiger charge is 2.03. The molecule has 5 heteroatoms. The van der Waals surface area contributed by atoms with E-state index in [4.69, 9.17) is 5.73 Å². The van der Waals surface area contributed by atoms with E-state index >= 15 is 0 Å². The standard InChI is InChI=1S/C9H15N3OS/c10-7-4-8-14(13)12-11-9-5-2-1-3-6-9/h1-3,5-6,11-12H,4,7-8,10H2. The Hall–Kier alpha value is -0.750. The molecule has 1 unspecified atom stereocenters. The second kappa shape index (κ2) is 6.67. The van der Waals surface area contributed by atoms with Gasteiger partial charge in [-0.1, -0.05) is 23.0 Å². The van der Waals surface area contributed by atoms with E-state index in [0.29, 0.717) is 12.3 Å². The van der Waals surface area contributed by atoms with Gasteiger partial charge in [-0.2, -0.15) is 0 Å². The Morgan fingerprint density at radius 1 is 1.29 bits per heavy atom. The van der Waals surface area contributed by atoms with Gasteiger partial charge in [0.15, 0.2) is 0 Å². The zero-order valence-electron chi connectivity index (χ0n) is 7.90. The van der Waals surface area contributed by atoms with Crippen molar-refractivity contribution in [3.05, 3.63) is 30.3 Å². The van der Waals surface area contributed by atoms with Crippen LogP contribution in [0, 0.1) is 0 Å². The summed E-state index contributed by atoms with van der Waals surface area (Å²) in [4.78, 5) is 2.70. The Bertz CT molecular complexity index is 245. The SMILES string of the molecule is NCCC[S+]([O-])NNc1ccccc1. The van der Waals surface area contributed by atoms with E-state index in [2.05, 4.69) is 10.3 Å². The molecule has 1 aromatic rings. The molecule has 0 saturated heterocycles. The van der Waals surface area contributed by atoms with Crippen LogP contribution in [0.3, 0.4) is 0 Å². The van der Waals surface area contributed by atoms with Crippen LogP contribution < -0.4 is 16.0 Å². The molecule has 0 saturated carbocycles. The first kappa shape index (κ1) is 11.3. The second-order valence-electron chi connectivity index (χ2n) is 2.78. The molecule has 0 amide bonds. The van der Waals surface area contributed by atoms with Gasteiger partial charge >= 0.3 is 0 Å². The first-order chi connectivity index (χ1) is 6.83. The van der Waals surface area contributed by atoms with Gasteiger partial charge in [-0.3, -0.25) is 5.43 Å². The van der Waals surface area contributed by atoms with E-state index in [1.807, 2.05) is 30.3 Å². The van der Waals surface area contributed by atoms with Crippen molar-refractivity contribution >= 4 is 17.0 Å². The maximum Gasteiger partial charge on any atom is 0.128 e. The van der Waals surface area contributed by atoms with Crippen molar-refractivity contribution in [2.45, 2.75) is 6.42 Å². The summed E-state index contributed by atoms with van der Waals surface area (Å²) < 4.78 is 11.3. The van der Waals surface area contributed by atoms with Gasteiger partial charge in [-0.05, 0) is 18.7 Å². The van der Waals surface area contributed by atoms with Crippen LogP contribution in [0.25, 0.3) is 0 Å². The predicted molar refractivity (Wildman–Crippen MR) is 59.9 cm³/mol. The molecule has 0 spiro atoms. The highest BCUT2D eigenvalue weighted by Crippen LogP contribution is 2.03. The van der Waals surface area contributed by atoms with Crippen LogP contribution in [0.1, 0.15) is 6.42 Å². The number of benzene rings is 1. The van der Waals surface area contributed by atoms with Crippen LogP contribution in [0.2, 0.25) is 0 Å². The fourth-order valence-corrected chi connectivity index (χ4v) is 1.67. The average Bonchev–Trinajstić information content (AvgIpc) is 2.25. The molecule has 0 aromatic heterocycles. The molecule has 0 fully saturated rings. The summed E-state index contributed by atoms with van der Waals surface area (Å²) in [6.07, 6.45) is 0.760. The quantitative estimate of drug-likeness (QED) is 0.478. The van der Waals surface area contributed by atoms with Gasteiger partial charge in [0, 0.05) is 6.42 Å². The number of hydrogen-bond donors (Lipinski definition) is 3. The maximum absolute atomic E-state index is 11.3. The molecule has 0 heterocycles. The third-order valence-electron chi connectivity index (χ3n) is 1.62. The Balaban J connectivity index is 2.20. The number of hydrogen-bond acceptors (Lipinski definition) is 4. The summed E-state index contributed by atoms with van der Waals surface area (Å²) in [5.41, 5.74) is 9.06. The van der Waals surface area contributed by atoms with Crippen LogP contribution in [0.15, 0.2) is 30.3 Å². The zero-order chi connectivity index (χ0) is 10.2. The Morgan fingerprint density at radius 2 is 2.00 bits per heavy atom. The first-order valence-electron chi connectivity index (χ1n) is 4.48. The van der Waals surface area contributed by atoms with E-state index in [1.165, 1.54) is 0 Å². The number of anilines is 1. The smallest absolute Gasteiger partial charge is 0.128 e. The molecule has 0 aliphatic rings. The molecule has 0 bridgehead atoms. The van der Waals surface area contributed by atoms with Gasteiger partial charge < -0.3 is 10.3 Å². The van der Waals surface area contributed by atoms with Crippen LogP contribution in [0.4, 0.5) is 5.69 Å². The van der Waals surface area contributed by atoms with Gasteiger partial charge in [0.1, 0.15) is 5.75 Å². The van der Waals surface area contributed by atoms with Gasteiger partial charge in [0.05, 0.1) is 17.0 Å². The van der Waals surface area contributed by atoms with Crippen molar-refractivity contribution in [3.63, 3.8) is 0 Å². The lowest BCUT2D eigenvalue weighted by Gasteiger charge is -2.11. The fourth-order valence-electron chi connectivity index (χ4n) is 0.903. The molecule has 1 atom stereocenters. The third kappa shape index (κ3) is 4.48. The van der Waals surface area contributed by atoms with Crippen molar-refractivity contribution in [2.75, 3.05) is 17.7 Å². The monoisotopic (exact) mass is 213 g/mol. The number of rotatable bonds is 6. The summed E-state index contributed by atoms with van der Waals surface area (Å²) >= 11 is -1.06. The van der Waals surface area contributed by atoms with Crippen LogP contribution in [-0.2, 0) is 11.4 Å². The summed E-state index contributed by atoms with van der Waals surface area (Å²) in [6, 6.07) is 9.54.